The van der Waals surface area contributed by atoms with Gasteiger partial charge in [-0.3, -0.25) is 4.99 Å². The number of hydrogen-bond donors (Lipinski definition) is 2. The van der Waals surface area contributed by atoms with E-state index < -0.39 is 0 Å². The number of nitrogens with one attached hydrogen (secondary N) is 1. The number of hydrogen-bond acceptors (Lipinski definition) is 3. The van der Waals surface area contributed by atoms with Gasteiger partial charge in [-0.05, 0) is 6.42 Å². The van der Waals surface area contributed by atoms with Crippen molar-refractivity contribution in [3.8, 4) is 0 Å². The van der Waals surface area contributed by atoms with Gasteiger partial charge in [-0.15, -0.1) is 0 Å². The zero-order chi connectivity index (χ0) is 5.82. The van der Waals surface area contributed by atoms with E-state index in [1.807, 2.05) is 0 Å². The molecule has 8 heavy (non-hydrogen) atoms. The first-order chi connectivity index (χ1) is 3.93. The van der Waals surface area contributed by atoms with Gasteiger partial charge < -0.3 is 10.4 Å². The molecule has 0 aromatic heterocycles. The maximum Gasteiger partial charge on any atom is 0.0827 e. The third-order valence-corrected chi connectivity index (χ3v) is 1.20. The second-order valence-electron chi connectivity index (χ2n) is 1.87. The minimum atomic E-state index is 0.251. The Morgan fingerprint density at radius 3 is 3.25 bits per heavy atom. The van der Waals surface area contributed by atoms with Crippen LogP contribution >= 0.6 is 0 Å². The molecule has 0 amide bonds. The van der Waals surface area contributed by atoms with Crippen LogP contribution in [-0.4, -0.2) is 30.6 Å². The highest BCUT2D eigenvalue weighted by molar-refractivity contribution is 5.57. The number of nitrogens with zero attached hydrogens (tertiary/aromatic N) is 1. The molecule has 0 spiro atoms. The highest BCUT2D eigenvalue weighted by Crippen LogP contribution is 1.94. The van der Waals surface area contributed by atoms with Gasteiger partial charge in [0.05, 0.1) is 12.9 Å². The van der Waals surface area contributed by atoms with Crippen molar-refractivity contribution in [3.63, 3.8) is 0 Å². The molecule has 0 aromatic carbocycles. The molecule has 2 N–H and O–H groups in total. The molecule has 1 heterocycles. The predicted molar refractivity (Wildman–Crippen MR) is 32.0 cm³/mol. The lowest BCUT2D eigenvalue weighted by Gasteiger charge is -2.04. The molecule has 1 atom stereocenters. The van der Waals surface area contributed by atoms with Crippen molar-refractivity contribution in [1.82, 2.24) is 5.32 Å². The fraction of sp³-hybridized carbons (Fsp3) is 0.800. The summed E-state index contributed by atoms with van der Waals surface area (Å²) in [6, 6.07) is 0.389. The van der Waals surface area contributed by atoms with Crippen molar-refractivity contribution in [3.05, 3.63) is 0 Å². The summed E-state index contributed by atoms with van der Waals surface area (Å²) in [5.41, 5.74) is 0. The molecule has 3 nitrogen and oxygen atoms in total. The Hall–Kier alpha value is -0.570. The van der Waals surface area contributed by atoms with E-state index in [-0.39, 0.29) is 6.61 Å². The number of aliphatic imine (C=N–C) groups is 1. The van der Waals surface area contributed by atoms with Crippen LogP contribution in [0.5, 0.6) is 0 Å². The number of aliphatic hydroxyl groups is 1. The summed E-state index contributed by atoms with van der Waals surface area (Å²) in [6.45, 7) is 1.07. The number of aliphatic hydroxyl groups excluding tert-OH is 1. The van der Waals surface area contributed by atoms with Gasteiger partial charge in [-0.1, -0.05) is 0 Å². The summed E-state index contributed by atoms with van der Waals surface area (Å²) in [6.07, 6.45) is 2.50. The summed E-state index contributed by atoms with van der Waals surface area (Å²) >= 11 is 0. The molecule has 0 saturated heterocycles. The molecule has 46 valence electrons. The molecule has 1 rings (SSSR count). The predicted octanol–water partition coefficient (Wildman–Crippen LogP) is -0.631. The van der Waals surface area contributed by atoms with Crippen LogP contribution in [0.1, 0.15) is 6.42 Å². The van der Waals surface area contributed by atoms with Crippen LogP contribution in [0.2, 0.25) is 0 Å². The van der Waals surface area contributed by atoms with E-state index in [4.69, 9.17) is 5.11 Å². The summed E-state index contributed by atoms with van der Waals surface area (Å²) < 4.78 is 0. The van der Waals surface area contributed by atoms with E-state index in [9.17, 15) is 0 Å². The van der Waals surface area contributed by atoms with Crippen LogP contribution in [0.15, 0.2) is 4.99 Å². The van der Waals surface area contributed by atoms with Gasteiger partial charge in [-0.25, -0.2) is 0 Å². The summed E-state index contributed by atoms with van der Waals surface area (Å²) in [5.74, 6) is 0. The van der Waals surface area contributed by atoms with E-state index >= 15 is 0 Å². The van der Waals surface area contributed by atoms with E-state index in [0.29, 0.717) is 6.04 Å². The molecule has 0 bridgehead atoms. The first-order valence-corrected chi connectivity index (χ1v) is 2.78. The van der Waals surface area contributed by atoms with Gasteiger partial charge in [0.25, 0.3) is 0 Å². The fourth-order valence-corrected chi connectivity index (χ4v) is 0.721. The highest BCUT2D eigenvalue weighted by atomic mass is 16.3. The Bertz CT molecular complexity index is 84.4. The van der Waals surface area contributed by atoms with Gasteiger partial charge >= 0.3 is 0 Å². The van der Waals surface area contributed by atoms with Crippen LogP contribution < -0.4 is 5.32 Å². The molecule has 0 saturated carbocycles. The normalized spacial score (nSPS) is 25.9. The lowest BCUT2D eigenvalue weighted by Crippen LogP contribution is -2.25. The zero-order valence-corrected chi connectivity index (χ0v) is 4.67. The van der Waals surface area contributed by atoms with Crippen LogP contribution in [0.3, 0.4) is 0 Å². The monoisotopic (exact) mass is 114 g/mol. The molecule has 1 unspecified atom stereocenters. The lowest BCUT2D eigenvalue weighted by atomic mass is 10.2. The van der Waals surface area contributed by atoms with Crippen LogP contribution in [0, 0.1) is 0 Å². The minimum Gasteiger partial charge on any atom is -0.396 e. The van der Waals surface area contributed by atoms with Crippen molar-refractivity contribution in [2.45, 2.75) is 12.5 Å². The minimum absolute atomic E-state index is 0.251. The molecule has 3 heteroatoms. The average molecular weight is 114 g/mol. The van der Waals surface area contributed by atoms with Gasteiger partial charge in [0.2, 0.25) is 0 Å². The molecule has 0 aromatic rings. The van der Waals surface area contributed by atoms with Gasteiger partial charge in [0, 0.05) is 12.6 Å². The summed E-state index contributed by atoms with van der Waals surface area (Å²) in [4.78, 5) is 3.94. The number of rotatable bonds is 2. The van der Waals surface area contributed by atoms with Crippen LogP contribution in [-0.2, 0) is 0 Å². The summed E-state index contributed by atoms with van der Waals surface area (Å²) in [5, 5.41) is 11.4. The Morgan fingerprint density at radius 2 is 2.75 bits per heavy atom. The van der Waals surface area contributed by atoms with Crippen LogP contribution in [0.4, 0.5) is 0 Å². The lowest BCUT2D eigenvalue weighted by molar-refractivity contribution is 0.275. The second-order valence-corrected chi connectivity index (χ2v) is 1.87. The first kappa shape index (κ1) is 5.56. The molecule has 0 aliphatic carbocycles. The molecule has 1 aliphatic rings. The Balaban J connectivity index is 2.10. The largest absolute Gasteiger partial charge is 0.396 e. The molecule has 0 fully saturated rings. The van der Waals surface area contributed by atoms with E-state index in [1.165, 1.54) is 0 Å². The Kier molecular flexibility index (Phi) is 1.86. The third kappa shape index (κ3) is 1.20. The smallest absolute Gasteiger partial charge is 0.0827 e. The van der Waals surface area contributed by atoms with E-state index in [0.717, 1.165) is 13.0 Å². The zero-order valence-electron chi connectivity index (χ0n) is 4.67. The van der Waals surface area contributed by atoms with Gasteiger partial charge in [-0.2, -0.15) is 0 Å². The fourth-order valence-electron chi connectivity index (χ4n) is 0.721. The van der Waals surface area contributed by atoms with Crippen molar-refractivity contribution >= 4 is 6.34 Å². The molecule has 0 radical (unpaired) electrons. The van der Waals surface area contributed by atoms with Crippen molar-refractivity contribution in [1.29, 1.82) is 0 Å². The maximum atomic E-state index is 8.43. The van der Waals surface area contributed by atoms with E-state index in [2.05, 4.69) is 10.3 Å². The first-order valence-electron chi connectivity index (χ1n) is 2.78. The Labute approximate surface area is 48.4 Å². The van der Waals surface area contributed by atoms with Crippen molar-refractivity contribution in [2.24, 2.45) is 4.99 Å². The second kappa shape index (κ2) is 2.67. The Morgan fingerprint density at radius 1 is 1.88 bits per heavy atom. The maximum absolute atomic E-state index is 8.43. The standard InChI is InChI=1S/C5H10N2O/c8-2-1-5-3-6-4-7-5/h4-5,8H,1-3H2,(H,6,7). The van der Waals surface area contributed by atoms with Gasteiger partial charge in [0.1, 0.15) is 0 Å². The quantitative estimate of drug-likeness (QED) is 0.502. The SMILES string of the molecule is OCCC1CN=CN1. The topological polar surface area (TPSA) is 44.6 Å². The van der Waals surface area contributed by atoms with Crippen LogP contribution in [0.25, 0.3) is 0 Å². The molecular weight excluding hydrogens is 104 g/mol. The third-order valence-electron chi connectivity index (χ3n) is 1.20. The average Bonchev–Trinajstić information content (AvgIpc) is 2.19. The summed E-state index contributed by atoms with van der Waals surface area (Å²) in [7, 11) is 0. The molecule has 1 aliphatic heterocycles. The van der Waals surface area contributed by atoms with Gasteiger partial charge in [0.15, 0.2) is 0 Å². The molecular formula is C5H10N2O. The van der Waals surface area contributed by atoms with E-state index in [1.54, 1.807) is 6.34 Å². The highest BCUT2D eigenvalue weighted by Gasteiger charge is 2.07. The van der Waals surface area contributed by atoms with Crippen molar-refractivity contribution in [2.75, 3.05) is 13.2 Å². The van der Waals surface area contributed by atoms with Crippen molar-refractivity contribution < 1.29 is 5.11 Å².